The molecule has 0 bridgehead atoms. The Morgan fingerprint density at radius 3 is 2.35 bits per heavy atom. The fourth-order valence-corrected chi connectivity index (χ4v) is 2.86. The molecule has 4 nitrogen and oxygen atoms in total. The lowest BCUT2D eigenvalue weighted by Gasteiger charge is -2.35. The van der Waals surface area contributed by atoms with Gasteiger partial charge >= 0.3 is 6.18 Å². The molecule has 1 aliphatic heterocycles. The van der Waals surface area contributed by atoms with Crippen molar-refractivity contribution in [2.24, 2.45) is 0 Å². The third-order valence-corrected chi connectivity index (χ3v) is 4.13. The average molecular weight is 366 g/mol. The number of nitrogens with one attached hydrogen (secondary N) is 1. The van der Waals surface area contributed by atoms with Crippen LogP contribution in [0.15, 0.2) is 48.5 Å². The summed E-state index contributed by atoms with van der Waals surface area (Å²) >= 11 is 0. The van der Waals surface area contributed by atoms with Gasteiger partial charge < -0.3 is 10.2 Å². The van der Waals surface area contributed by atoms with Gasteiger partial charge in [0.05, 0.1) is 5.56 Å². The third kappa shape index (κ3) is 3.40. The molecule has 1 unspecified atom stereocenters. The van der Waals surface area contributed by atoms with Crippen LogP contribution in [-0.4, -0.2) is 29.8 Å². The van der Waals surface area contributed by atoms with Gasteiger partial charge in [0.25, 0.3) is 5.91 Å². The Kier molecular flexibility index (Phi) is 4.67. The van der Waals surface area contributed by atoms with E-state index in [2.05, 4.69) is 5.32 Å². The SMILES string of the molecule is O=C1NCCN(C(=O)c2ccc(C(F)(F)F)cc2)C1c1ccccc1F. The van der Waals surface area contributed by atoms with Gasteiger partial charge in [-0.2, -0.15) is 13.2 Å². The lowest BCUT2D eigenvalue weighted by molar-refractivity contribution is -0.137. The summed E-state index contributed by atoms with van der Waals surface area (Å²) in [5, 5.41) is 2.57. The van der Waals surface area contributed by atoms with Crippen molar-refractivity contribution in [1.82, 2.24) is 10.2 Å². The first-order chi connectivity index (χ1) is 12.3. The fourth-order valence-electron chi connectivity index (χ4n) is 2.86. The van der Waals surface area contributed by atoms with Gasteiger partial charge in [-0.3, -0.25) is 9.59 Å². The monoisotopic (exact) mass is 366 g/mol. The summed E-state index contributed by atoms with van der Waals surface area (Å²) in [7, 11) is 0. The molecular weight excluding hydrogens is 352 g/mol. The third-order valence-electron chi connectivity index (χ3n) is 4.13. The van der Waals surface area contributed by atoms with Crippen LogP contribution >= 0.6 is 0 Å². The lowest BCUT2D eigenvalue weighted by Crippen LogP contribution is -2.52. The number of amides is 2. The van der Waals surface area contributed by atoms with Crippen LogP contribution in [0.4, 0.5) is 17.6 Å². The smallest absolute Gasteiger partial charge is 0.352 e. The number of alkyl halides is 3. The van der Waals surface area contributed by atoms with Crippen LogP contribution in [0.5, 0.6) is 0 Å². The predicted octanol–water partition coefficient (Wildman–Crippen LogP) is 3.16. The highest BCUT2D eigenvalue weighted by atomic mass is 19.4. The zero-order valence-electron chi connectivity index (χ0n) is 13.4. The molecule has 0 saturated carbocycles. The summed E-state index contributed by atoms with van der Waals surface area (Å²) in [5.74, 6) is -1.82. The highest BCUT2D eigenvalue weighted by Crippen LogP contribution is 2.30. The molecule has 0 spiro atoms. The second kappa shape index (κ2) is 6.78. The highest BCUT2D eigenvalue weighted by Gasteiger charge is 2.37. The maximum absolute atomic E-state index is 14.1. The molecule has 136 valence electrons. The minimum Gasteiger partial charge on any atom is -0.352 e. The summed E-state index contributed by atoms with van der Waals surface area (Å²) in [6.45, 7) is 0.292. The molecule has 3 rings (SSSR count). The Morgan fingerprint density at radius 2 is 1.73 bits per heavy atom. The number of carbonyl (C=O) groups is 2. The van der Waals surface area contributed by atoms with E-state index < -0.39 is 35.4 Å². The summed E-state index contributed by atoms with van der Waals surface area (Å²) in [4.78, 5) is 26.2. The van der Waals surface area contributed by atoms with Gasteiger partial charge in [-0.05, 0) is 30.3 Å². The molecule has 2 amide bonds. The topological polar surface area (TPSA) is 49.4 Å². The number of benzene rings is 2. The predicted molar refractivity (Wildman–Crippen MR) is 84.6 cm³/mol. The van der Waals surface area contributed by atoms with E-state index in [0.717, 1.165) is 24.3 Å². The van der Waals surface area contributed by atoms with Crippen molar-refractivity contribution in [3.63, 3.8) is 0 Å². The number of nitrogens with zero attached hydrogens (tertiary/aromatic N) is 1. The number of rotatable bonds is 2. The zero-order chi connectivity index (χ0) is 18.9. The second-order valence-corrected chi connectivity index (χ2v) is 5.79. The molecule has 1 saturated heterocycles. The first-order valence-electron chi connectivity index (χ1n) is 7.79. The summed E-state index contributed by atoms with van der Waals surface area (Å²) in [6, 6.07) is 8.11. The normalized spacial score (nSPS) is 17.8. The van der Waals surface area contributed by atoms with E-state index in [1.165, 1.54) is 23.1 Å². The van der Waals surface area contributed by atoms with Crippen molar-refractivity contribution in [1.29, 1.82) is 0 Å². The van der Waals surface area contributed by atoms with Gasteiger partial charge in [-0.1, -0.05) is 18.2 Å². The summed E-state index contributed by atoms with van der Waals surface area (Å²) < 4.78 is 52.1. The van der Waals surface area contributed by atoms with Crippen LogP contribution in [-0.2, 0) is 11.0 Å². The molecule has 0 radical (unpaired) electrons. The molecule has 1 atom stereocenters. The van der Waals surface area contributed by atoms with Gasteiger partial charge in [0, 0.05) is 24.2 Å². The Balaban J connectivity index is 1.93. The molecule has 0 aromatic heterocycles. The first-order valence-corrected chi connectivity index (χ1v) is 7.79. The van der Waals surface area contributed by atoms with Crippen molar-refractivity contribution >= 4 is 11.8 Å². The van der Waals surface area contributed by atoms with E-state index in [4.69, 9.17) is 0 Å². The molecule has 1 aliphatic rings. The molecule has 1 heterocycles. The van der Waals surface area contributed by atoms with Gasteiger partial charge in [-0.25, -0.2) is 4.39 Å². The Morgan fingerprint density at radius 1 is 1.08 bits per heavy atom. The van der Waals surface area contributed by atoms with E-state index in [1.807, 2.05) is 0 Å². The van der Waals surface area contributed by atoms with E-state index in [0.29, 0.717) is 0 Å². The standard InChI is InChI=1S/C18H14F4N2O2/c19-14-4-2-1-3-13(14)15-16(25)23-9-10-24(15)17(26)11-5-7-12(8-6-11)18(20,21)22/h1-8,15H,9-10H2,(H,23,25). The maximum atomic E-state index is 14.1. The molecule has 26 heavy (non-hydrogen) atoms. The van der Waals surface area contributed by atoms with Crippen LogP contribution in [0.2, 0.25) is 0 Å². The van der Waals surface area contributed by atoms with E-state index >= 15 is 0 Å². The fraction of sp³-hybridized carbons (Fsp3) is 0.222. The Bertz CT molecular complexity index is 834. The van der Waals surface area contributed by atoms with E-state index in [-0.39, 0.29) is 24.2 Å². The van der Waals surface area contributed by atoms with Crippen LogP contribution < -0.4 is 5.32 Å². The number of piperazine rings is 1. The molecule has 2 aromatic rings. The van der Waals surface area contributed by atoms with E-state index in [1.54, 1.807) is 6.07 Å². The van der Waals surface area contributed by atoms with Crippen molar-refractivity contribution < 1.29 is 27.2 Å². The minimum atomic E-state index is -4.51. The molecule has 2 aromatic carbocycles. The van der Waals surface area contributed by atoms with Gasteiger partial charge in [0.15, 0.2) is 0 Å². The Labute approximate surface area is 146 Å². The average Bonchev–Trinajstić information content (AvgIpc) is 2.61. The van der Waals surface area contributed by atoms with E-state index in [9.17, 15) is 27.2 Å². The highest BCUT2D eigenvalue weighted by molar-refractivity contribution is 5.98. The van der Waals surface area contributed by atoms with Crippen LogP contribution in [0.25, 0.3) is 0 Å². The minimum absolute atomic E-state index is 0.00552. The van der Waals surface area contributed by atoms with Gasteiger partial charge in [-0.15, -0.1) is 0 Å². The first kappa shape index (κ1) is 17.9. The molecule has 0 aliphatic carbocycles. The van der Waals surface area contributed by atoms with Crippen molar-refractivity contribution in [2.75, 3.05) is 13.1 Å². The number of carbonyl (C=O) groups excluding carboxylic acids is 2. The second-order valence-electron chi connectivity index (χ2n) is 5.79. The van der Waals surface area contributed by atoms with Crippen molar-refractivity contribution in [2.45, 2.75) is 12.2 Å². The zero-order valence-corrected chi connectivity index (χ0v) is 13.4. The molecule has 1 fully saturated rings. The van der Waals surface area contributed by atoms with Crippen LogP contribution in [0, 0.1) is 5.82 Å². The summed E-state index contributed by atoms with van der Waals surface area (Å²) in [5.41, 5.74) is -0.852. The largest absolute Gasteiger partial charge is 0.416 e. The van der Waals surface area contributed by atoms with Crippen LogP contribution in [0.1, 0.15) is 27.5 Å². The Hall–Kier alpha value is -2.90. The number of halogens is 4. The van der Waals surface area contributed by atoms with Crippen molar-refractivity contribution in [3.8, 4) is 0 Å². The molecular formula is C18H14F4N2O2. The maximum Gasteiger partial charge on any atom is 0.416 e. The summed E-state index contributed by atoms with van der Waals surface area (Å²) in [6.07, 6.45) is -4.51. The molecule has 1 N–H and O–H groups in total. The number of hydrogen-bond acceptors (Lipinski definition) is 2. The number of hydrogen-bond donors (Lipinski definition) is 1. The quantitative estimate of drug-likeness (QED) is 0.830. The van der Waals surface area contributed by atoms with Crippen LogP contribution in [0.3, 0.4) is 0 Å². The molecule has 8 heteroatoms. The van der Waals surface area contributed by atoms with Gasteiger partial charge in [0.2, 0.25) is 5.91 Å². The van der Waals surface area contributed by atoms with Crippen molar-refractivity contribution in [3.05, 3.63) is 71.0 Å². The van der Waals surface area contributed by atoms with Gasteiger partial charge in [0.1, 0.15) is 11.9 Å². The lowest BCUT2D eigenvalue weighted by atomic mass is 10.00.